The number of aromatic nitrogens is 1. The number of rotatable bonds is 6. The van der Waals surface area contributed by atoms with Crippen molar-refractivity contribution in [2.75, 3.05) is 0 Å². The van der Waals surface area contributed by atoms with Crippen LogP contribution in [0.25, 0.3) is 0 Å². The molecule has 2 heterocycles. The molecule has 0 aromatic carbocycles. The molecule has 0 fully saturated rings. The van der Waals surface area contributed by atoms with Crippen LogP contribution in [0, 0.1) is 5.92 Å². The number of nitrogens with zero attached hydrogens (tertiary/aromatic N) is 2. The van der Waals surface area contributed by atoms with Gasteiger partial charge in [0.2, 0.25) is 5.88 Å². The van der Waals surface area contributed by atoms with E-state index in [0.717, 1.165) is 49.1 Å². The standard InChI is InChI=1S/C18H26N2O2/c1-5-6-7-8-13-10-15(21)16(18(22)20-13)17-14(11(2)3)9-12(4)19-17/h10,14,17H,2,5-9H2,1,3-4H3,(H2,20,21,22). The second-order valence-electron chi connectivity index (χ2n) is 6.29. The third-order valence-electron chi connectivity index (χ3n) is 4.29. The predicted molar refractivity (Wildman–Crippen MR) is 89.6 cm³/mol. The van der Waals surface area contributed by atoms with Crippen molar-refractivity contribution < 1.29 is 10.2 Å². The second kappa shape index (κ2) is 6.95. The summed E-state index contributed by atoms with van der Waals surface area (Å²) >= 11 is 0. The van der Waals surface area contributed by atoms with Gasteiger partial charge in [0.15, 0.2) is 0 Å². The number of aromatic hydroxyl groups is 2. The van der Waals surface area contributed by atoms with Gasteiger partial charge in [-0.05, 0) is 33.1 Å². The first-order valence-electron chi connectivity index (χ1n) is 8.04. The van der Waals surface area contributed by atoms with Crippen molar-refractivity contribution in [2.24, 2.45) is 10.9 Å². The van der Waals surface area contributed by atoms with Crippen molar-refractivity contribution >= 4 is 5.71 Å². The minimum Gasteiger partial charge on any atom is -0.507 e. The van der Waals surface area contributed by atoms with Gasteiger partial charge in [-0.25, -0.2) is 4.98 Å². The Morgan fingerprint density at radius 2 is 2.09 bits per heavy atom. The van der Waals surface area contributed by atoms with Crippen molar-refractivity contribution in [3.63, 3.8) is 0 Å². The Kier molecular flexibility index (Phi) is 5.22. The summed E-state index contributed by atoms with van der Waals surface area (Å²) in [4.78, 5) is 8.85. The molecule has 0 saturated heterocycles. The molecule has 0 amide bonds. The molecule has 4 nitrogen and oxygen atoms in total. The van der Waals surface area contributed by atoms with Crippen LogP contribution < -0.4 is 0 Å². The molecule has 0 spiro atoms. The van der Waals surface area contributed by atoms with E-state index < -0.39 is 0 Å². The maximum absolute atomic E-state index is 10.4. The van der Waals surface area contributed by atoms with Gasteiger partial charge in [0.25, 0.3) is 0 Å². The molecule has 0 radical (unpaired) electrons. The average Bonchev–Trinajstić information content (AvgIpc) is 2.80. The zero-order valence-corrected chi connectivity index (χ0v) is 13.8. The molecule has 1 aliphatic rings. The molecule has 2 unspecified atom stereocenters. The molecule has 22 heavy (non-hydrogen) atoms. The van der Waals surface area contributed by atoms with Gasteiger partial charge >= 0.3 is 0 Å². The van der Waals surface area contributed by atoms with Gasteiger partial charge in [0.1, 0.15) is 5.75 Å². The maximum Gasteiger partial charge on any atom is 0.220 e. The molecule has 2 atom stereocenters. The summed E-state index contributed by atoms with van der Waals surface area (Å²) in [6.07, 6.45) is 4.85. The van der Waals surface area contributed by atoms with Crippen LogP contribution in [-0.2, 0) is 6.42 Å². The molecule has 2 rings (SSSR count). The second-order valence-corrected chi connectivity index (χ2v) is 6.29. The fraction of sp³-hybridized carbons (Fsp3) is 0.556. The first-order valence-corrected chi connectivity index (χ1v) is 8.04. The molecular weight excluding hydrogens is 276 g/mol. The molecule has 120 valence electrons. The normalized spacial score (nSPS) is 21.0. The van der Waals surface area contributed by atoms with E-state index in [0.29, 0.717) is 5.56 Å². The van der Waals surface area contributed by atoms with Gasteiger partial charge in [-0.2, -0.15) is 0 Å². The first kappa shape index (κ1) is 16.5. The molecule has 2 N–H and O–H groups in total. The molecule has 1 aromatic rings. The molecule has 0 aliphatic carbocycles. The van der Waals surface area contributed by atoms with Crippen molar-refractivity contribution in [2.45, 2.75) is 58.9 Å². The SMILES string of the molecule is C=C(C)C1CC(C)=NC1c1c(O)cc(CCCCC)nc1O. The van der Waals surface area contributed by atoms with E-state index >= 15 is 0 Å². The average molecular weight is 302 g/mol. The Morgan fingerprint density at radius 3 is 2.68 bits per heavy atom. The van der Waals surface area contributed by atoms with Gasteiger partial charge in [-0.3, -0.25) is 4.99 Å². The van der Waals surface area contributed by atoms with Crippen LogP contribution >= 0.6 is 0 Å². The zero-order valence-electron chi connectivity index (χ0n) is 13.8. The summed E-state index contributed by atoms with van der Waals surface area (Å²) in [5, 5.41) is 20.7. The Labute approximate surface area is 132 Å². The lowest BCUT2D eigenvalue weighted by molar-refractivity contribution is 0.399. The number of hydrogen-bond donors (Lipinski definition) is 2. The highest BCUT2D eigenvalue weighted by molar-refractivity contribution is 5.85. The van der Waals surface area contributed by atoms with Crippen molar-refractivity contribution in [1.29, 1.82) is 0 Å². The lowest BCUT2D eigenvalue weighted by Crippen LogP contribution is -2.09. The van der Waals surface area contributed by atoms with Crippen LogP contribution in [0.2, 0.25) is 0 Å². The highest BCUT2D eigenvalue weighted by atomic mass is 16.3. The Morgan fingerprint density at radius 1 is 1.36 bits per heavy atom. The predicted octanol–water partition coefficient (Wildman–Crippen LogP) is 4.32. The van der Waals surface area contributed by atoms with E-state index in [4.69, 9.17) is 0 Å². The fourth-order valence-corrected chi connectivity index (χ4v) is 3.07. The van der Waals surface area contributed by atoms with Crippen LogP contribution in [0.3, 0.4) is 0 Å². The molecular formula is C18H26N2O2. The molecule has 0 bridgehead atoms. The van der Waals surface area contributed by atoms with Crippen molar-refractivity contribution in [3.05, 3.63) is 29.5 Å². The highest BCUT2D eigenvalue weighted by Gasteiger charge is 2.33. The highest BCUT2D eigenvalue weighted by Crippen LogP contribution is 2.45. The lowest BCUT2D eigenvalue weighted by Gasteiger charge is -2.20. The van der Waals surface area contributed by atoms with E-state index in [-0.39, 0.29) is 23.6 Å². The Bertz CT molecular complexity index is 570. The van der Waals surface area contributed by atoms with E-state index in [1.807, 2.05) is 13.8 Å². The third kappa shape index (κ3) is 3.49. The van der Waals surface area contributed by atoms with Crippen LogP contribution in [0.15, 0.2) is 23.2 Å². The topological polar surface area (TPSA) is 65.7 Å². The fourth-order valence-electron chi connectivity index (χ4n) is 3.07. The van der Waals surface area contributed by atoms with Crippen LogP contribution in [0.4, 0.5) is 0 Å². The summed E-state index contributed by atoms with van der Waals surface area (Å²) in [7, 11) is 0. The molecule has 4 heteroatoms. The Balaban J connectivity index is 2.29. The van der Waals surface area contributed by atoms with Crippen LogP contribution in [0.5, 0.6) is 11.6 Å². The largest absolute Gasteiger partial charge is 0.507 e. The van der Waals surface area contributed by atoms with E-state index in [1.54, 1.807) is 6.07 Å². The summed E-state index contributed by atoms with van der Waals surface area (Å²) in [6.45, 7) is 10.1. The minimum atomic E-state index is -0.283. The van der Waals surface area contributed by atoms with Crippen molar-refractivity contribution in [1.82, 2.24) is 4.98 Å². The smallest absolute Gasteiger partial charge is 0.220 e. The maximum atomic E-state index is 10.4. The van der Waals surface area contributed by atoms with E-state index in [2.05, 4.69) is 23.5 Å². The summed E-state index contributed by atoms with van der Waals surface area (Å²) in [6, 6.07) is 1.39. The number of aryl methyl sites for hydroxylation is 1. The molecule has 1 aliphatic heterocycles. The summed E-state index contributed by atoms with van der Waals surface area (Å²) < 4.78 is 0. The van der Waals surface area contributed by atoms with Crippen LogP contribution in [-0.4, -0.2) is 20.9 Å². The molecule has 0 saturated carbocycles. The van der Waals surface area contributed by atoms with Gasteiger partial charge in [-0.15, -0.1) is 0 Å². The summed E-state index contributed by atoms with van der Waals surface area (Å²) in [5.74, 6) is 0.111. The van der Waals surface area contributed by atoms with E-state index in [1.165, 1.54) is 0 Å². The van der Waals surface area contributed by atoms with Gasteiger partial charge in [0.05, 0.1) is 11.6 Å². The van der Waals surface area contributed by atoms with Crippen LogP contribution in [0.1, 0.15) is 63.8 Å². The van der Waals surface area contributed by atoms with Gasteiger partial charge < -0.3 is 10.2 Å². The zero-order chi connectivity index (χ0) is 16.3. The number of aliphatic imine (C=N–C) groups is 1. The number of pyridine rings is 1. The minimum absolute atomic E-state index is 0.0914. The molecule has 1 aromatic heterocycles. The van der Waals surface area contributed by atoms with E-state index in [9.17, 15) is 10.2 Å². The van der Waals surface area contributed by atoms with Gasteiger partial charge in [-0.1, -0.05) is 31.9 Å². The number of unbranched alkanes of at least 4 members (excludes halogenated alkanes) is 2. The first-order chi connectivity index (χ1) is 10.4. The third-order valence-corrected chi connectivity index (χ3v) is 4.29. The summed E-state index contributed by atoms with van der Waals surface area (Å²) in [5.41, 5.74) is 3.20. The monoisotopic (exact) mass is 302 g/mol. The van der Waals surface area contributed by atoms with Gasteiger partial charge in [0, 0.05) is 23.4 Å². The number of hydrogen-bond acceptors (Lipinski definition) is 4. The lowest BCUT2D eigenvalue weighted by atomic mass is 9.87. The Hall–Kier alpha value is -1.84. The van der Waals surface area contributed by atoms with Crippen molar-refractivity contribution in [3.8, 4) is 11.6 Å². The quantitative estimate of drug-likeness (QED) is 0.607.